The van der Waals surface area contributed by atoms with Gasteiger partial charge in [-0.05, 0) is 186 Å². The summed E-state index contributed by atoms with van der Waals surface area (Å²) in [5.41, 5.74) is 28.6. The third-order valence-electron chi connectivity index (χ3n) is 18.7. The van der Waals surface area contributed by atoms with Crippen molar-refractivity contribution in [1.29, 1.82) is 0 Å². The predicted octanol–water partition coefficient (Wildman–Crippen LogP) is 16.3. The molecule has 3 aliphatic carbocycles. The molecule has 2 heterocycles. The van der Waals surface area contributed by atoms with Crippen LogP contribution in [-0.4, -0.2) is 6.71 Å². The zero-order chi connectivity index (χ0) is 49.9. The third-order valence-corrected chi connectivity index (χ3v) is 18.7. The van der Waals surface area contributed by atoms with Crippen molar-refractivity contribution < 1.29 is 0 Å². The Morgan fingerprint density at radius 1 is 0.375 bits per heavy atom. The van der Waals surface area contributed by atoms with Crippen LogP contribution in [0.3, 0.4) is 0 Å². The van der Waals surface area contributed by atoms with Gasteiger partial charge in [0.25, 0.3) is 6.71 Å². The highest BCUT2D eigenvalue weighted by Crippen LogP contribution is 2.55. The van der Waals surface area contributed by atoms with Gasteiger partial charge in [0.2, 0.25) is 0 Å². The van der Waals surface area contributed by atoms with Gasteiger partial charge in [-0.15, -0.1) is 0 Å². The molecular formula is C69H69BN2. The van der Waals surface area contributed by atoms with Crippen LogP contribution < -0.4 is 26.2 Å². The zero-order valence-electron chi connectivity index (χ0n) is 44.5. The van der Waals surface area contributed by atoms with E-state index in [4.69, 9.17) is 0 Å². The number of anilines is 6. The highest BCUT2D eigenvalue weighted by Gasteiger charge is 2.48. The number of hydrogen-bond donors (Lipinski definition) is 0. The summed E-state index contributed by atoms with van der Waals surface area (Å²) in [4.78, 5) is 5.36. The Kier molecular flexibility index (Phi) is 9.73. The van der Waals surface area contributed by atoms with Crippen LogP contribution in [0, 0.1) is 6.92 Å². The lowest BCUT2D eigenvalue weighted by atomic mass is 9.33. The molecule has 2 nitrogen and oxygen atoms in total. The lowest BCUT2D eigenvalue weighted by Gasteiger charge is -2.48. The number of benzene rings is 8. The van der Waals surface area contributed by atoms with E-state index in [-0.39, 0.29) is 39.7 Å². The van der Waals surface area contributed by atoms with E-state index in [1.54, 1.807) is 0 Å². The van der Waals surface area contributed by atoms with E-state index in [0.717, 1.165) is 0 Å². The van der Waals surface area contributed by atoms with Crippen molar-refractivity contribution in [3.8, 4) is 11.1 Å². The molecule has 0 spiro atoms. The lowest BCUT2D eigenvalue weighted by molar-refractivity contribution is 0.332. The molecule has 8 aromatic carbocycles. The molecule has 0 bridgehead atoms. The molecule has 5 aliphatic rings. The Labute approximate surface area is 430 Å². The molecule has 0 aromatic heterocycles. The van der Waals surface area contributed by atoms with Crippen LogP contribution >= 0.6 is 0 Å². The van der Waals surface area contributed by atoms with Crippen molar-refractivity contribution in [3.05, 3.63) is 219 Å². The fraction of sp³-hybridized carbons (Fsp3) is 0.304. The van der Waals surface area contributed by atoms with Crippen molar-refractivity contribution >= 4 is 57.2 Å². The van der Waals surface area contributed by atoms with Crippen molar-refractivity contribution in [2.75, 3.05) is 9.80 Å². The van der Waals surface area contributed by atoms with Crippen LogP contribution in [0.4, 0.5) is 34.1 Å². The van der Waals surface area contributed by atoms with Crippen LogP contribution in [0.15, 0.2) is 164 Å². The van der Waals surface area contributed by atoms with E-state index >= 15 is 0 Å². The number of hydrogen-bond acceptors (Lipinski definition) is 2. The Hall–Kier alpha value is -6.58. The van der Waals surface area contributed by atoms with Gasteiger partial charge in [0.05, 0.1) is 0 Å². The Bertz CT molecular complexity index is 3500. The third kappa shape index (κ3) is 6.61. The van der Waals surface area contributed by atoms with Gasteiger partial charge in [-0.2, -0.15) is 0 Å². The van der Waals surface area contributed by atoms with Gasteiger partial charge in [0.15, 0.2) is 0 Å². The fourth-order valence-corrected chi connectivity index (χ4v) is 14.4. The second-order valence-corrected chi connectivity index (χ2v) is 25.5. The first kappa shape index (κ1) is 45.3. The standard InChI is InChI=1S/C69H69BN2/c1-43-36-61-64-62(37-43)72(48-28-30-53-54(40-48)66(4,5)33-32-65(53,2)3)60-42-56-55(67(6,7)34-35-68(56,8)9)41-58(60)70(64)57-31-26-46(63(44-20-14-12-15-21-44)45-22-16-13-17-23-45)38-59(57)71(61)47-27-29-52-50(39-47)49-24-18-19-25-51(49)69(52,10)11/h12-31,36-42,63H,32-35H2,1-11H3. The van der Waals surface area contributed by atoms with Gasteiger partial charge >= 0.3 is 0 Å². The summed E-state index contributed by atoms with van der Waals surface area (Å²) in [6, 6.07) is 64.2. The van der Waals surface area contributed by atoms with Gasteiger partial charge < -0.3 is 9.80 Å². The Morgan fingerprint density at radius 2 is 0.861 bits per heavy atom. The van der Waals surface area contributed by atoms with Crippen molar-refractivity contribution in [2.45, 2.75) is 135 Å². The number of nitrogens with zero attached hydrogens (tertiary/aromatic N) is 2. The fourth-order valence-electron chi connectivity index (χ4n) is 14.4. The zero-order valence-corrected chi connectivity index (χ0v) is 44.5. The summed E-state index contributed by atoms with van der Waals surface area (Å²) in [6.07, 6.45) is 4.72. The molecule has 8 aromatic rings. The SMILES string of the molecule is Cc1cc2c3c(c1)N(c1ccc4c(c1)C(C)(C)CCC4(C)C)c1cc4c(cc1B3c1ccc(C(c3ccccc3)c3ccccc3)cc1N2c1ccc2c(c1)-c1ccccc1C2(C)C)C(C)(C)CCC4(C)C. The molecule has 3 heteroatoms. The van der Waals surface area contributed by atoms with Gasteiger partial charge in [-0.3, -0.25) is 0 Å². The van der Waals surface area contributed by atoms with Crippen LogP contribution in [0.2, 0.25) is 0 Å². The lowest BCUT2D eigenvalue weighted by Crippen LogP contribution is -2.62. The number of fused-ring (bicyclic) bond motifs is 9. The van der Waals surface area contributed by atoms with Crippen LogP contribution in [0.1, 0.15) is 156 Å². The van der Waals surface area contributed by atoms with E-state index in [1.807, 2.05) is 0 Å². The maximum atomic E-state index is 2.70. The normalized spacial score (nSPS) is 18.6. The van der Waals surface area contributed by atoms with E-state index in [0.29, 0.717) is 0 Å². The van der Waals surface area contributed by atoms with E-state index < -0.39 is 0 Å². The maximum absolute atomic E-state index is 2.70. The van der Waals surface area contributed by atoms with Gasteiger partial charge in [-0.1, -0.05) is 184 Å². The van der Waals surface area contributed by atoms with E-state index in [9.17, 15) is 0 Å². The Balaban J connectivity index is 1.12. The number of aryl methyl sites for hydroxylation is 1. The summed E-state index contributed by atoms with van der Waals surface area (Å²) in [5.74, 6) is 0.0594. The highest BCUT2D eigenvalue weighted by atomic mass is 15.2. The summed E-state index contributed by atoms with van der Waals surface area (Å²) in [6.45, 7) is 26.9. The minimum atomic E-state index is -0.0893. The summed E-state index contributed by atoms with van der Waals surface area (Å²) < 4.78 is 0. The van der Waals surface area contributed by atoms with Crippen molar-refractivity contribution in [1.82, 2.24) is 0 Å². The van der Waals surface area contributed by atoms with E-state index in [1.165, 1.54) is 143 Å². The monoisotopic (exact) mass is 937 g/mol. The smallest absolute Gasteiger partial charge is 0.252 e. The molecule has 0 saturated heterocycles. The first-order chi connectivity index (χ1) is 34.3. The van der Waals surface area contributed by atoms with Crippen molar-refractivity contribution in [3.63, 3.8) is 0 Å². The van der Waals surface area contributed by atoms with Gasteiger partial charge in [-0.25, -0.2) is 0 Å². The first-order valence-corrected chi connectivity index (χ1v) is 26.9. The van der Waals surface area contributed by atoms with Crippen LogP contribution in [0.5, 0.6) is 0 Å². The van der Waals surface area contributed by atoms with Crippen LogP contribution in [-0.2, 0) is 27.1 Å². The van der Waals surface area contributed by atoms with Crippen LogP contribution in [0.25, 0.3) is 11.1 Å². The molecule has 0 N–H and O–H groups in total. The summed E-state index contributed by atoms with van der Waals surface area (Å²) in [7, 11) is 0. The van der Waals surface area contributed by atoms with Gasteiger partial charge in [0.1, 0.15) is 0 Å². The second kappa shape index (κ2) is 15.5. The average Bonchev–Trinajstić information content (AvgIpc) is 3.59. The second-order valence-electron chi connectivity index (χ2n) is 25.5. The minimum absolute atomic E-state index is 0.0160. The molecule has 2 aliphatic heterocycles. The van der Waals surface area contributed by atoms with Crippen molar-refractivity contribution in [2.24, 2.45) is 0 Å². The molecule has 0 atom stereocenters. The summed E-state index contributed by atoms with van der Waals surface area (Å²) in [5, 5.41) is 0. The largest absolute Gasteiger partial charge is 0.311 e. The predicted molar refractivity (Wildman–Crippen MR) is 307 cm³/mol. The molecule has 0 fully saturated rings. The van der Waals surface area contributed by atoms with Gasteiger partial charge in [0, 0.05) is 45.5 Å². The minimum Gasteiger partial charge on any atom is -0.311 e. The Morgan fingerprint density at radius 3 is 1.47 bits per heavy atom. The first-order valence-electron chi connectivity index (χ1n) is 26.9. The molecule has 0 amide bonds. The highest BCUT2D eigenvalue weighted by molar-refractivity contribution is 7.00. The van der Waals surface area contributed by atoms with E-state index in [2.05, 4.69) is 250 Å². The number of rotatable bonds is 5. The topological polar surface area (TPSA) is 6.48 Å². The molecule has 358 valence electrons. The molecule has 0 saturated carbocycles. The summed E-state index contributed by atoms with van der Waals surface area (Å²) >= 11 is 0. The molecule has 13 rings (SSSR count). The quantitative estimate of drug-likeness (QED) is 0.125. The molecular weight excluding hydrogens is 868 g/mol. The maximum Gasteiger partial charge on any atom is 0.252 e. The molecule has 72 heavy (non-hydrogen) atoms. The average molecular weight is 937 g/mol. The molecule has 0 radical (unpaired) electrons. The molecule has 0 unspecified atom stereocenters.